The lowest BCUT2D eigenvalue weighted by atomic mass is 10.0. The molecule has 0 fully saturated rings. The number of hydrogen-bond donors (Lipinski definition) is 0. The van der Waals surface area contributed by atoms with Gasteiger partial charge in [0.05, 0.1) is 25.3 Å². The minimum atomic E-state index is -0.521. The van der Waals surface area contributed by atoms with Crippen LogP contribution in [0.4, 0.5) is 0 Å². The molecule has 0 unspecified atom stereocenters. The van der Waals surface area contributed by atoms with Crippen LogP contribution >= 0.6 is 0 Å². The third kappa shape index (κ3) is 3.98. The number of esters is 1. The molecule has 156 valence electrons. The molecular weight excluding hydrogens is 398 g/mol. The van der Waals surface area contributed by atoms with Crippen molar-refractivity contribution in [3.05, 3.63) is 82.9 Å². The fraction of sp³-hybridized carbons (Fsp3) is 0.125. The van der Waals surface area contributed by atoms with E-state index in [0.717, 1.165) is 5.56 Å². The first-order valence-electron chi connectivity index (χ1n) is 9.43. The van der Waals surface area contributed by atoms with Gasteiger partial charge in [0.25, 0.3) is 0 Å². The molecule has 0 amide bonds. The van der Waals surface area contributed by atoms with Gasteiger partial charge in [0.1, 0.15) is 11.5 Å². The normalized spacial score (nSPS) is 13.5. The Morgan fingerprint density at radius 2 is 1.74 bits per heavy atom. The lowest BCUT2D eigenvalue weighted by Gasteiger charge is -2.08. The topological polar surface area (TPSA) is 84.0 Å². The summed E-state index contributed by atoms with van der Waals surface area (Å²) in [5, 5.41) is 0. The molecule has 0 aliphatic carbocycles. The standard InChI is InChI=1S/C24H19NO6/c1-14-10-17(30-24(27)16-6-8-25-9-7-16)13-20-22(14)23(26)21(31-20)12-15-4-5-18(28-2)19(11-15)29-3/h4-13H,1-3H3/b21-12-. The van der Waals surface area contributed by atoms with E-state index in [4.69, 9.17) is 18.9 Å². The Bertz CT molecular complexity index is 1200. The van der Waals surface area contributed by atoms with E-state index in [1.54, 1.807) is 63.6 Å². The molecule has 31 heavy (non-hydrogen) atoms. The van der Waals surface area contributed by atoms with E-state index in [1.807, 2.05) is 0 Å². The number of allylic oxidation sites excluding steroid dienone is 1. The van der Waals surface area contributed by atoms with Crippen molar-refractivity contribution < 1.29 is 28.5 Å². The molecule has 7 heteroatoms. The number of fused-ring (bicyclic) bond motifs is 1. The third-order valence-corrected chi connectivity index (χ3v) is 4.78. The Balaban J connectivity index is 1.61. The van der Waals surface area contributed by atoms with Crippen molar-refractivity contribution in [2.75, 3.05) is 14.2 Å². The number of aromatic nitrogens is 1. The summed E-state index contributed by atoms with van der Waals surface area (Å²) in [4.78, 5) is 29.1. The highest BCUT2D eigenvalue weighted by molar-refractivity contribution is 6.15. The summed E-state index contributed by atoms with van der Waals surface area (Å²) >= 11 is 0. The molecule has 1 aliphatic heterocycles. The summed E-state index contributed by atoms with van der Waals surface area (Å²) in [5.74, 6) is 1.17. The minimum absolute atomic E-state index is 0.169. The predicted octanol–water partition coefficient (Wildman–Crippen LogP) is 4.24. The number of ether oxygens (including phenoxy) is 4. The van der Waals surface area contributed by atoms with Crippen LogP contribution in [0, 0.1) is 6.92 Å². The van der Waals surface area contributed by atoms with E-state index in [0.29, 0.717) is 39.7 Å². The fourth-order valence-electron chi connectivity index (χ4n) is 3.28. The molecule has 1 aromatic heterocycles. The lowest BCUT2D eigenvalue weighted by molar-refractivity contribution is 0.0734. The molecule has 2 aromatic carbocycles. The minimum Gasteiger partial charge on any atom is -0.493 e. The summed E-state index contributed by atoms with van der Waals surface area (Å²) in [6.07, 6.45) is 4.65. The van der Waals surface area contributed by atoms with Gasteiger partial charge in [0, 0.05) is 18.5 Å². The molecule has 0 radical (unpaired) electrons. The zero-order chi connectivity index (χ0) is 22.0. The SMILES string of the molecule is COc1ccc(/C=C2\Oc3cc(OC(=O)c4ccncc4)cc(C)c3C2=O)cc1OC. The molecule has 1 aliphatic rings. The Hall–Kier alpha value is -4.13. The summed E-state index contributed by atoms with van der Waals surface area (Å²) in [5.41, 5.74) is 2.18. The number of pyridine rings is 1. The van der Waals surface area contributed by atoms with Crippen LogP contribution < -0.4 is 18.9 Å². The second-order valence-electron chi connectivity index (χ2n) is 6.79. The number of carbonyl (C=O) groups is 2. The van der Waals surface area contributed by atoms with Gasteiger partial charge in [-0.3, -0.25) is 9.78 Å². The quantitative estimate of drug-likeness (QED) is 0.349. The van der Waals surface area contributed by atoms with Gasteiger partial charge in [-0.1, -0.05) is 6.07 Å². The van der Waals surface area contributed by atoms with Crippen LogP contribution in [0.1, 0.15) is 31.8 Å². The van der Waals surface area contributed by atoms with E-state index >= 15 is 0 Å². The van der Waals surface area contributed by atoms with E-state index in [2.05, 4.69) is 4.98 Å². The first-order valence-corrected chi connectivity index (χ1v) is 9.43. The van der Waals surface area contributed by atoms with Crippen molar-refractivity contribution in [3.63, 3.8) is 0 Å². The van der Waals surface area contributed by atoms with E-state index in [-0.39, 0.29) is 11.5 Å². The fourth-order valence-corrected chi connectivity index (χ4v) is 3.28. The highest BCUT2D eigenvalue weighted by Gasteiger charge is 2.30. The number of nitrogens with zero attached hydrogens (tertiary/aromatic N) is 1. The number of hydrogen-bond acceptors (Lipinski definition) is 7. The molecule has 0 spiro atoms. The van der Waals surface area contributed by atoms with Crippen molar-refractivity contribution in [1.82, 2.24) is 4.98 Å². The number of ketones is 1. The Morgan fingerprint density at radius 3 is 2.45 bits per heavy atom. The zero-order valence-electron chi connectivity index (χ0n) is 17.2. The van der Waals surface area contributed by atoms with Gasteiger partial charge < -0.3 is 18.9 Å². The number of methoxy groups -OCH3 is 2. The van der Waals surface area contributed by atoms with Crippen LogP contribution in [0.5, 0.6) is 23.0 Å². The van der Waals surface area contributed by atoms with Crippen molar-refractivity contribution in [1.29, 1.82) is 0 Å². The predicted molar refractivity (Wildman–Crippen MR) is 113 cm³/mol. The van der Waals surface area contributed by atoms with Crippen molar-refractivity contribution in [2.24, 2.45) is 0 Å². The molecule has 0 N–H and O–H groups in total. The highest BCUT2D eigenvalue weighted by Crippen LogP contribution is 2.38. The van der Waals surface area contributed by atoms with Gasteiger partial charge in [-0.25, -0.2) is 4.79 Å². The number of rotatable bonds is 5. The molecular formula is C24H19NO6. The van der Waals surface area contributed by atoms with Crippen LogP contribution in [0.15, 0.2) is 60.6 Å². The van der Waals surface area contributed by atoms with Crippen LogP contribution in [0.3, 0.4) is 0 Å². The Kier molecular flexibility index (Phi) is 5.41. The number of benzene rings is 2. The monoisotopic (exact) mass is 417 g/mol. The smallest absolute Gasteiger partial charge is 0.343 e. The second kappa shape index (κ2) is 8.31. The molecule has 0 atom stereocenters. The van der Waals surface area contributed by atoms with Crippen LogP contribution in [0.25, 0.3) is 6.08 Å². The molecule has 0 saturated carbocycles. The van der Waals surface area contributed by atoms with E-state index in [1.165, 1.54) is 18.5 Å². The van der Waals surface area contributed by atoms with Crippen LogP contribution in [0.2, 0.25) is 0 Å². The molecule has 3 aromatic rings. The molecule has 4 rings (SSSR count). The van der Waals surface area contributed by atoms with Gasteiger partial charge in [0.15, 0.2) is 17.3 Å². The average molecular weight is 417 g/mol. The summed E-state index contributed by atoms with van der Waals surface area (Å²) in [6, 6.07) is 11.6. The van der Waals surface area contributed by atoms with E-state index in [9.17, 15) is 9.59 Å². The van der Waals surface area contributed by atoms with Gasteiger partial charge in [-0.05, 0) is 54.5 Å². The summed E-state index contributed by atoms with van der Waals surface area (Å²) in [6.45, 7) is 1.77. The zero-order valence-corrected chi connectivity index (χ0v) is 17.2. The van der Waals surface area contributed by atoms with Crippen LogP contribution in [-0.4, -0.2) is 31.0 Å². The first-order chi connectivity index (χ1) is 15.0. The number of aryl methyl sites for hydroxylation is 1. The Morgan fingerprint density at radius 1 is 1.00 bits per heavy atom. The maximum absolute atomic E-state index is 12.9. The van der Waals surface area contributed by atoms with Crippen molar-refractivity contribution >= 4 is 17.8 Å². The third-order valence-electron chi connectivity index (χ3n) is 4.78. The van der Waals surface area contributed by atoms with Crippen LogP contribution in [-0.2, 0) is 0 Å². The largest absolute Gasteiger partial charge is 0.493 e. The molecule has 2 heterocycles. The number of Topliss-reactive ketones (excluding diaryl/α,β-unsaturated/α-hetero) is 1. The van der Waals surface area contributed by atoms with Gasteiger partial charge >= 0.3 is 5.97 Å². The van der Waals surface area contributed by atoms with Crippen molar-refractivity contribution in [3.8, 4) is 23.0 Å². The Labute approximate surface area is 178 Å². The van der Waals surface area contributed by atoms with Gasteiger partial charge in [0.2, 0.25) is 5.78 Å². The molecule has 0 saturated heterocycles. The van der Waals surface area contributed by atoms with Crippen molar-refractivity contribution in [2.45, 2.75) is 6.92 Å². The summed E-state index contributed by atoms with van der Waals surface area (Å²) in [7, 11) is 3.10. The second-order valence-corrected chi connectivity index (χ2v) is 6.79. The van der Waals surface area contributed by atoms with Gasteiger partial charge in [-0.15, -0.1) is 0 Å². The van der Waals surface area contributed by atoms with E-state index < -0.39 is 5.97 Å². The first kappa shape index (κ1) is 20.2. The summed E-state index contributed by atoms with van der Waals surface area (Å²) < 4.78 is 21.8. The number of carbonyl (C=O) groups excluding carboxylic acids is 2. The maximum Gasteiger partial charge on any atom is 0.343 e. The maximum atomic E-state index is 12.9. The van der Waals surface area contributed by atoms with Gasteiger partial charge in [-0.2, -0.15) is 0 Å². The highest BCUT2D eigenvalue weighted by atomic mass is 16.5. The lowest BCUT2D eigenvalue weighted by Crippen LogP contribution is -2.08. The molecule has 0 bridgehead atoms. The molecule has 7 nitrogen and oxygen atoms in total. The average Bonchev–Trinajstić information content (AvgIpc) is 3.09.